The Bertz CT molecular complexity index is 415. The Labute approximate surface area is 116 Å². The molecule has 0 aromatic heterocycles. The Morgan fingerprint density at radius 3 is 2.79 bits per heavy atom. The van der Waals surface area contributed by atoms with E-state index in [-0.39, 0.29) is 11.9 Å². The molecule has 19 heavy (non-hydrogen) atoms. The number of nitrogens with one attached hydrogen (secondary N) is 1. The van der Waals surface area contributed by atoms with Gasteiger partial charge in [-0.15, -0.1) is 0 Å². The van der Waals surface area contributed by atoms with Gasteiger partial charge in [-0.05, 0) is 62.4 Å². The van der Waals surface area contributed by atoms with Crippen molar-refractivity contribution in [2.24, 2.45) is 5.92 Å². The molecule has 1 aliphatic rings. The van der Waals surface area contributed by atoms with Crippen molar-refractivity contribution < 1.29 is 4.39 Å². The van der Waals surface area contributed by atoms with Crippen molar-refractivity contribution in [2.75, 3.05) is 25.0 Å². The van der Waals surface area contributed by atoms with Crippen molar-refractivity contribution in [3.8, 4) is 0 Å². The third-order valence-corrected chi connectivity index (χ3v) is 3.80. The van der Waals surface area contributed by atoms with Gasteiger partial charge in [0.1, 0.15) is 5.82 Å². The number of hydrogen-bond acceptors (Lipinski definition) is 2. The van der Waals surface area contributed by atoms with E-state index in [0.717, 1.165) is 36.7 Å². The van der Waals surface area contributed by atoms with Gasteiger partial charge in [-0.2, -0.15) is 0 Å². The van der Waals surface area contributed by atoms with Crippen LogP contribution >= 0.6 is 0 Å². The number of rotatable bonds is 7. The van der Waals surface area contributed by atoms with Gasteiger partial charge in [0.25, 0.3) is 0 Å². The SMILES string of the molecule is CCCNC(C)c1cc(F)ccc1N(C)CC1CC1. The maximum absolute atomic E-state index is 13.5. The van der Waals surface area contributed by atoms with Crippen LogP contribution in [0.5, 0.6) is 0 Å². The van der Waals surface area contributed by atoms with Crippen LogP contribution in [0.3, 0.4) is 0 Å². The Kier molecular flexibility index (Phi) is 4.81. The fraction of sp³-hybridized carbons (Fsp3) is 0.625. The summed E-state index contributed by atoms with van der Waals surface area (Å²) in [7, 11) is 2.11. The number of nitrogens with zero attached hydrogens (tertiary/aromatic N) is 1. The summed E-state index contributed by atoms with van der Waals surface area (Å²) in [5, 5.41) is 3.45. The lowest BCUT2D eigenvalue weighted by molar-refractivity contribution is 0.561. The largest absolute Gasteiger partial charge is 0.374 e. The smallest absolute Gasteiger partial charge is 0.123 e. The summed E-state index contributed by atoms with van der Waals surface area (Å²) in [5.74, 6) is 0.686. The molecule has 0 amide bonds. The van der Waals surface area contributed by atoms with Crippen molar-refractivity contribution >= 4 is 5.69 Å². The molecule has 1 aromatic carbocycles. The Morgan fingerprint density at radius 2 is 2.16 bits per heavy atom. The lowest BCUT2D eigenvalue weighted by Gasteiger charge is -2.25. The maximum atomic E-state index is 13.5. The molecule has 1 saturated carbocycles. The van der Waals surface area contributed by atoms with Gasteiger partial charge in [-0.3, -0.25) is 0 Å². The number of benzene rings is 1. The molecule has 0 radical (unpaired) electrons. The standard InChI is InChI=1S/C16H25FN2/c1-4-9-18-12(2)15-10-14(17)7-8-16(15)19(3)11-13-5-6-13/h7-8,10,12-13,18H,4-6,9,11H2,1-3H3. The molecule has 1 aliphatic carbocycles. The molecule has 1 aromatic rings. The van der Waals surface area contributed by atoms with Gasteiger partial charge >= 0.3 is 0 Å². The Balaban J connectivity index is 2.15. The molecular formula is C16H25FN2. The summed E-state index contributed by atoms with van der Waals surface area (Å²) in [6.07, 6.45) is 3.77. The molecule has 0 heterocycles. The number of halogens is 1. The highest BCUT2D eigenvalue weighted by molar-refractivity contribution is 5.54. The molecule has 1 fully saturated rings. The van der Waals surface area contributed by atoms with Crippen LogP contribution in [0.25, 0.3) is 0 Å². The van der Waals surface area contributed by atoms with Gasteiger partial charge in [-0.1, -0.05) is 6.92 Å². The second-order valence-electron chi connectivity index (χ2n) is 5.70. The van der Waals surface area contributed by atoms with Gasteiger partial charge in [0.05, 0.1) is 0 Å². The van der Waals surface area contributed by atoms with E-state index in [0.29, 0.717) is 0 Å². The zero-order valence-corrected chi connectivity index (χ0v) is 12.2. The Hall–Kier alpha value is -1.09. The van der Waals surface area contributed by atoms with Gasteiger partial charge in [-0.25, -0.2) is 4.39 Å². The van der Waals surface area contributed by atoms with E-state index in [1.54, 1.807) is 12.1 Å². The fourth-order valence-electron chi connectivity index (χ4n) is 2.48. The molecule has 1 unspecified atom stereocenters. The van der Waals surface area contributed by atoms with Crippen LogP contribution in [0.1, 0.15) is 44.7 Å². The van der Waals surface area contributed by atoms with E-state index in [1.807, 2.05) is 6.07 Å². The maximum Gasteiger partial charge on any atom is 0.123 e. The molecule has 0 spiro atoms. The van der Waals surface area contributed by atoms with E-state index < -0.39 is 0 Å². The molecule has 106 valence electrons. The van der Waals surface area contributed by atoms with Gasteiger partial charge in [0, 0.05) is 25.3 Å². The summed E-state index contributed by atoms with van der Waals surface area (Å²) >= 11 is 0. The van der Waals surface area contributed by atoms with E-state index >= 15 is 0 Å². The third kappa shape index (κ3) is 3.93. The highest BCUT2D eigenvalue weighted by atomic mass is 19.1. The summed E-state index contributed by atoms with van der Waals surface area (Å²) < 4.78 is 13.5. The van der Waals surface area contributed by atoms with Gasteiger partial charge in [0.2, 0.25) is 0 Å². The van der Waals surface area contributed by atoms with Gasteiger partial charge < -0.3 is 10.2 Å². The first-order chi connectivity index (χ1) is 9.11. The Morgan fingerprint density at radius 1 is 1.42 bits per heavy atom. The van der Waals surface area contributed by atoms with Crippen LogP contribution in [0.15, 0.2) is 18.2 Å². The molecule has 0 bridgehead atoms. The lowest BCUT2D eigenvalue weighted by atomic mass is 10.0. The van der Waals surface area contributed by atoms with Gasteiger partial charge in [0.15, 0.2) is 0 Å². The minimum atomic E-state index is -0.149. The van der Waals surface area contributed by atoms with E-state index in [4.69, 9.17) is 0 Å². The summed E-state index contributed by atoms with van der Waals surface area (Å²) in [4.78, 5) is 2.27. The molecule has 0 aliphatic heterocycles. The second-order valence-corrected chi connectivity index (χ2v) is 5.70. The lowest BCUT2D eigenvalue weighted by Crippen LogP contribution is -2.25. The van der Waals surface area contributed by atoms with Crippen LogP contribution in [0, 0.1) is 11.7 Å². The van der Waals surface area contributed by atoms with Crippen LogP contribution in [0.2, 0.25) is 0 Å². The molecule has 3 heteroatoms. The third-order valence-electron chi connectivity index (χ3n) is 3.80. The number of hydrogen-bond donors (Lipinski definition) is 1. The van der Waals surface area contributed by atoms with Crippen molar-refractivity contribution in [1.29, 1.82) is 0 Å². The second kappa shape index (κ2) is 6.38. The molecule has 2 nitrogen and oxygen atoms in total. The van der Waals surface area contributed by atoms with Crippen LogP contribution < -0.4 is 10.2 Å². The topological polar surface area (TPSA) is 15.3 Å². The molecule has 1 N–H and O–H groups in total. The molecule has 2 rings (SSSR count). The molecular weight excluding hydrogens is 239 g/mol. The predicted molar refractivity (Wildman–Crippen MR) is 79.1 cm³/mol. The average Bonchev–Trinajstić information content (AvgIpc) is 3.19. The van der Waals surface area contributed by atoms with Crippen LogP contribution in [-0.2, 0) is 0 Å². The van der Waals surface area contributed by atoms with Crippen molar-refractivity contribution in [3.05, 3.63) is 29.6 Å². The monoisotopic (exact) mass is 264 g/mol. The van der Waals surface area contributed by atoms with Crippen LogP contribution in [0.4, 0.5) is 10.1 Å². The highest BCUT2D eigenvalue weighted by Crippen LogP contribution is 2.33. The summed E-state index contributed by atoms with van der Waals surface area (Å²) in [6.45, 7) is 6.30. The quantitative estimate of drug-likeness (QED) is 0.807. The van der Waals surface area contributed by atoms with E-state index in [1.165, 1.54) is 12.8 Å². The van der Waals surface area contributed by atoms with E-state index in [2.05, 4.69) is 31.1 Å². The van der Waals surface area contributed by atoms with Crippen molar-refractivity contribution in [1.82, 2.24) is 5.32 Å². The highest BCUT2D eigenvalue weighted by Gasteiger charge is 2.24. The normalized spacial score (nSPS) is 16.4. The molecule has 0 saturated heterocycles. The zero-order valence-electron chi connectivity index (χ0n) is 12.2. The molecule has 1 atom stereocenters. The zero-order chi connectivity index (χ0) is 13.8. The minimum absolute atomic E-state index is 0.149. The summed E-state index contributed by atoms with van der Waals surface area (Å²) in [6, 6.07) is 5.34. The average molecular weight is 264 g/mol. The first-order valence-electron chi connectivity index (χ1n) is 7.35. The summed E-state index contributed by atoms with van der Waals surface area (Å²) in [5.41, 5.74) is 2.22. The van der Waals surface area contributed by atoms with Crippen molar-refractivity contribution in [3.63, 3.8) is 0 Å². The van der Waals surface area contributed by atoms with E-state index in [9.17, 15) is 4.39 Å². The fourth-order valence-corrected chi connectivity index (χ4v) is 2.48. The van der Waals surface area contributed by atoms with Crippen LogP contribution in [-0.4, -0.2) is 20.1 Å². The predicted octanol–water partition coefficient (Wildman–Crippen LogP) is 3.73. The first-order valence-corrected chi connectivity index (χ1v) is 7.35. The number of anilines is 1. The minimum Gasteiger partial charge on any atom is -0.374 e. The first kappa shape index (κ1) is 14.3. The van der Waals surface area contributed by atoms with Crippen molar-refractivity contribution in [2.45, 2.75) is 39.2 Å².